The molecule has 0 atom stereocenters. The molecule has 0 spiro atoms. The molecule has 2 amide bonds. The number of carbonyl (C=O) groups is 2. The van der Waals surface area contributed by atoms with Crippen LogP contribution in [-0.2, 0) is 15.8 Å². The lowest BCUT2D eigenvalue weighted by molar-refractivity contribution is -0.137. The smallest absolute Gasteiger partial charge is 0.342 e. The molecular formula is C16H21F3N2O2. The summed E-state index contributed by atoms with van der Waals surface area (Å²) in [5.74, 6) is -0.437. The zero-order valence-corrected chi connectivity index (χ0v) is 13.2. The van der Waals surface area contributed by atoms with E-state index in [1.54, 1.807) is 4.90 Å². The molecule has 1 aromatic carbocycles. The van der Waals surface area contributed by atoms with E-state index < -0.39 is 11.7 Å². The fourth-order valence-electron chi connectivity index (χ4n) is 1.98. The van der Waals surface area contributed by atoms with Crippen LogP contribution in [0.1, 0.15) is 38.7 Å². The molecule has 0 saturated heterocycles. The third kappa shape index (κ3) is 6.71. The van der Waals surface area contributed by atoms with Crippen molar-refractivity contribution >= 4 is 17.5 Å². The molecule has 23 heavy (non-hydrogen) atoms. The van der Waals surface area contributed by atoms with Gasteiger partial charge in [-0.15, -0.1) is 0 Å². The Morgan fingerprint density at radius 1 is 1.13 bits per heavy atom. The van der Waals surface area contributed by atoms with Gasteiger partial charge in [-0.05, 0) is 30.7 Å². The van der Waals surface area contributed by atoms with E-state index in [-0.39, 0.29) is 18.2 Å². The van der Waals surface area contributed by atoms with Gasteiger partial charge in [-0.2, -0.15) is 13.2 Å². The Morgan fingerprint density at radius 3 is 2.22 bits per heavy atom. The van der Waals surface area contributed by atoms with E-state index in [1.165, 1.54) is 19.1 Å². The second-order valence-electron chi connectivity index (χ2n) is 5.23. The molecule has 4 nitrogen and oxygen atoms in total. The van der Waals surface area contributed by atoms with Crippen molar-refractivity contribution < 1.29 is 22.8 Å². The number of hydrogen-bond acceptors (Lipinski definition) is 2. The number of benzene rings is 1. The average Bonchev–Trinajstić information content (AvgIpc) is 2.46. The number of alkyl halides is 3. The summed E-state index contributed by atoms with van der Waals surface area (Å²) in [7, 11) is 0. The Balaban J connectivity index is 2.51. The van der Waals surface area contributed by atoms with Gasteiger partial charge in [-0.1, -0.05) is 13.3 Å². The third-order valence-electron chi connectivity index (χ3n) is 3.33. The molecular weight excluding hydrogens is 309 g/mol. The molecule has 7 heteroatoms. The van der Waals surface area contributed by atoms with Crippen molar-refractivity contribution in [1.29, 1.82) is 0 Å². The molecule has 0 saturated carbocycles. The van der Waals surface area contributed by atoms with Gasteiger partial charge in [0.15, 0.2) is 0 Å². The largest absolute Gasteiger partial charge is 0.416 e. The number of rotatable bonds is 7. The Morgan fingerprint density at radius 2 is 1.74 bits per heavy atom. The zero-order valence-electron chi connectivity index (χ0n) is 13.2. The molecule has 0 radical (unpaired) electrons. The number of unbranched alkanes of at least 4 members (excludes halogenated alkanes) is 1. The number of carbonyl (C=O) groups excluding carboxylic acids is 2. The highest BCUT2D eigenvalue weighted by molar-refractivity contribution is 5.91. The SMILES string of the molecule is CCCCN(CCC(=O)Nc1ccc(C(F)(F)F)cc1)C(C)=O. The second-order valence-corrected chi connectivity index (χ2v) is 5.23. The molecule has 0 unspecified atom stereocenters. The molecule has 0 bridgehead atoms. The molecule has 1 N–H and O–H groups in total. The molecule has 0 aromatic heterocycles. The maximum atomic E-state index is 12.4. The van der Waals surface area contributed by atoms with Crippen molar-refractivity contribution in [3.05, 3.63) is 29.8 Å². The van der Waals surface area contributed by atoms with Crippen LogP contribution in [0.5, 0.6) is 0 Å². The number of anilines is 1. The summed E-state index contributed by atoms with van der Waals surface area (Å²) in [5, 5.41) is 2.53. The highest BCUT2D eigenvalue weighted by Gasteiger charge is 2.29. The maximum absolute atomic E-state index is 12.4. The van der Waals surface area contributed by atoms with E-state index in [1.807, 2.05) is 6.92 Å². The molecule has 1 aromatic rings. The quantitative estimate of drug-likeness (QED) is 0.829. The van der Waals surface area contributed by atoms with Crippen LogP contribution in [0.25, 0.3) is 0 Å². The molecule has 1 rings (SSSR count). The minimum atomic E-state index is -4.40. The number of nitrogens with one attached hydrogen (secondary N) is 1. The molecule has 0 aliphatic heterocycles. The Hall–Kier alpha value is -2.05. The number of halogens is 3. The van der Waals surface area contributed by atoms with Crippen molar-refractivity contribution in [3.8, 4) is 0 Å². The first-order valence-corrected chi connectivity index (χ1v) is 7.46. The predicted molar refractivity (Wildman–Crippen MR) is 81.9 cm³/mol. The second kappa shape index (κ2) is 8.55. The lowest BCUT2D eigenvalue weighted by atomic mass is 10.2. The van der Waals surface area contributed by atoms with E-state index in [0.717, 1.165) is 25.0 Å². The standard InChI is InChI=1S/C16H21F3N2O2/c1-3-4-10-21(12(2)22)11-9-15(23)20-14-7-5-13(6-8-14)16(17,18)19/h5-8H,3-4,9-11H2,1-2H3,(H,20,23). The topological polar surface area (TPSA) is 49.4 Å². The van der Waals surface area contributed by atoms with Gasteiger partial charge in [0.25, 0.3) is 0 Å². The normalized spacial score (nSPS) is 11.2. The molecule has 0 heterocycles. The molecule has 0 aliphatic rings. The van der Waals surface area contributed by atoms with Gasteiger partial charge in [0.1, 0.15) is 0 Å². The highest BCUT2D eigenvalue weighted by Crippen LogP contribution is 2.29. The first-order chi connectivity index (χ1) is 10.7. The van der Waals surface area contributed by atoms with Gasteiger partial charge in [0, 0.05) is 32.1 Å². The summed E-state index contributed by atoms with van der Waals surface area (Å²) in [6, 6.07) is 4.25. The maximum Gasteiger partial charge on any atom is 0.416 e. The number of nitrogens with zero attached hydrogens (tertiary/aromatic N) is 1. The third-order valence-corrected chi connectivity index (χ3v) is 3.33. The van der Waals surface area contributed by atoms with E-state index in [9.17, 15) is 22.8 Å². The number of amides is 2. The monoisotopic (exact) mass is 330 g/mol. The fourth-order valence-corrected chi connectivity index (χ4v) is 1.98. The van der Waals surface area contributed by atoms with E-state index >= 15 is 0 Å². The molecule has 0 fully saturated rings. The van der Waals surface area contributed by atoms with Crippen molar-refractivity contribution in [3.63, 3.8) is 0 Å². The van der Waals surface area contributed by atoms with Crippen molar-refractivity contribution in [1.82, 2.24) is 4.90 Å². The van der Waals surface area contributed by atoms with Crippen LogP contribution in [0.15, 0.2) is 24.3 Å². The average molecular weight is 330 g/mol. The zero-order chi connectivity index (χ0) is 17.5. The van der Waals surface area contributed by atoms with E-state index in [4.69, 9.17) is 0 Å². The van der Waals surface area contributed by atoms with Crippen molar-refractivity contribution in [2.75, 3.05) is 18.4 Å². The van der Waals surface area contributed by atoms with Crippen molar-refractivity contribution in [2.24, 2.45) is 0 Å². The van der Waals surface area contributed by atoms with Crippen molar-refractivity contribution in [2.45, 2.75) is 39.3 Å². The summed E-state index contributed by atoms with van der Waals surface area (Å²) in [4.78, 5) is 24.9. The summed E-state index contributed by atoms with van der Waals surface area (Å²) in [6.45, 7) is 4.35. The van der Waals surface area contributed by atoms with Gasteiger partial charge in [0.2, 0.25) is 11.8 Å². The lowest BCUT2D eigenvalue weighted by Gasteiger charge is -2.20. The van der Waals surface area contributed by atoms with Gasteiger partial charge in [0.05, 0.1) is 5.56 Å². The van der Waals surface area contributed by atoms with Crippen LogP contribution < -0.4 is 5.32 Å². The van der Waals surface area contributed by atoms with E-state index in [0.29, 0.717) is 18.8 Å². The van der Waals surface area contributed by atoms with Gasteiger partial charge < -0.3 is 10.2 Å². The fraction of sp³-hybridized carbons (Fsp3) is 0.500. The van der Waals surface area contributed by atoms with Gasteiger partial charge in [-0.3, -0.25) is 9.59 Å². The van der Waals surface area contributed by atoms with E-state index in [2.05, 4.69) is 5.32 Å². The molecule has 128 valence electrons. The highest BCUT2D eigenvalue weighted by atomic mass is 19.4. The van der Waals surface area contributed by atoms with Crippen LogP contribution in [0.3, 0.4) is 0 Å². The Kier molecular flexibility index (Phi) is 7.06. The predicted octanol–water partition coefficient (Wildman–Crippen LogP) is 3.68. The molecule has 0 aliphatic carbocycles. The summed E-state index contributed by atoms with van der Waals surface area (Å²) in [6.07, 6.45) is -2.49. The summed E-state index contributed by atoms with van der Waals surface area (Å²) < 4.78 is 37.3. The Bertz CT molecular complexity index is 527. The summed E-state index contributed by atoms with van der Waals surface area (Å²) >= 11 is 0. The summed E-state index contributed by atoms with van der Waals surface area (Å²) in [5.41, 5.74) is -0.469. The van der Waals surface area contributed by atoms with Crippen LogP contribution >= 0.6 is 0 Å². The van der Waals surface area contributed by atoms with Crippen LogP contribution in [0, 0.1) is 0 Å². The minimum absolute atomic E-state index is 0.0965. The van der Waals surface area contributed by atoms with Crippen LogP contribution in [-0.4, -0.2) is 29.8 Å². The first kappa shape index (κ1) is 19.0. The lowest BCUT2D eigenvalue weighted by Crippen LogP contribution is -2.32. The number of hydrogen-bond donors (Lipinski definition) is 1. The first-order valence-electron chi connectivity index (χ1n) is 7.46. The van der Waals surface area contributed by atoms with Gasteiger partial charge >= 0.3 is 6.18 Å². The van der Waals surface area contributed by atoms with Crippen LogP contribution in [0.4, 0.5) is 18.9 Å². The van der Waals surface area contributed by atoms with Crippen LogP contribution in [0.2, 0.25) is 0 Å². The minimum Gasteiger partial charge on any atom is -0.342 e. The Labute approximate surface area is 133 Å². The van der Waals surface area contributed by atoms with Gasteiger partial charge in [-0.25, -0.2) is 0 Å².